The maximum Gasteiger partial charge on any atom is 0.124 e. The van der Waals surface area contributed by atoms with Gasteiger partial charge in [0.15, 0.2) is 0 Å². The zero-order valence-electron chi connectivity index (χ0n) is 12.2. The van der Waals surface area contributed by atoms with Gasteiger partial charge in [0.25, 0.3) is 0 Å². The van der Waals surface area contributed by atoms with E-state index in [1.807, 2.05) is 38.1 Å². The fraction of sp³-hybridized carbons (Fsp3) is 0.235. The molecule has 2 N–H and O–H groups in total. The lowest BCUT2D eigenvalue weighted by atomic mass is 10.1. The minimum Gasteiger partial charge on any atom is -0.341 e. The first-order valence-electron chi connectivity index (χ1n) is 7.06. The van der Waals surface area contributed by atoms with E-state index in [0.717, 1.165) is 28.0 Å². The minimum absolute atomic E-state index is 0.0695. The van der Waals surface area contributed by atoms with Gasteiger partial charge >= 0.3 is 0 Å². The SMILES string of the molecule is Cc1ccc(F)cc1CNC(C)c1nc2ccccc2[nH]1. The first-order valence-corrected chi connectivity index (χ1v) is 7.06. The lowest BCUT2D eigenvalue weighted by Crippen LogP contribution is -2.19. The predicted molar refractivity (Wildman–Crippen MR) is 82.5 cm³/mol. The van der Waals surface area contributed by atoms with Gasteiger partial charge < -0.3 is 10.3 Å². The quantitative estimate of drug-likeness (QED) is 0.763. The van der Waals surface area contributed by atoms with Crippen molar-refractivity contribution in [1.29, 1.82) is 0 Å². The standard InChI is InChI=1S/C17H18FN3/c1-11-7-8-14(18)9-13(11)10-19-12(2)17-20-15-5-3-4-6-16(15)21-17/h3-9,12,19H,10H2,1-2H3,(H,20,21). The van der Waals surface area contributed by atoms with Crippen molar-refractivity contribution >= 4 is 11.0 Å². The number of aryl methyl sites for hydroxylation is 1. The van der Waals surface area contributed by atoms with Gasteiger partial charge in [0.05, 0.1) is 17.1 Å². The highest BCUT2D eigenvalue weighted by molar-refractivity contribution is 5.74. The van der Waals surface area contributed by atoms with E-state index >= 15 is 0 Å². The number of aromatic amines is 1. The zero-order valence-corrected chi connectivity index (χ0v) is 12.2. The van der Waals surface area contributed by atoms with Crippen molar-refractivity contribution in [3.63, 3.8) is 0 Å². The third-order valence-electron chi connectivity index (χ3n) is 3.73. The first-order chi connectivity index (χ1) is 10.1. The number of hydrogen-bond donors (Lipinski definition) is 2. The number of H-pyrrole nitrogens is 1. The van der Waals surface area contributed by atoms with E-state index in [4.69, 9.17) is 0 Å². The first kappa shape index (κ1) is 13.8. The van der Waals surface area contributed by atoms with Crippen LogP contribution < -0.4 is 5.32 Å². The molecule has 0 saturated heterocycles. The van der Waals surface area contributed by atoms with Crippen LogP contribution in [0.5, 0.6) is 0 Å². The molecule has 108 valence electrons. The average Bonchev–Trinajstić information content (AvgIpc) is 2.92. The molecule has 0 aliphatic carbocycles. The second-order valence-corrected chi connectivity index (χ2v) is 5.31. The van der Waals surface area contributed by atoms with Crippen molar-refractivity contribution < 1.29 is 4.39 Å². The molecule has 0 saturated carbocycles. The molecular formula is C17H18FN3. The van der Waals surface area contributed by atoms with Crippen molar-refractivity contribution in [2.45, 2.75) is 26.4 Å². The van der Waals surface area contributed by atoms with E-state index in [1.165, 1.54) is 6.07 Å². The second-order valence-electron chi connectivity index (χ2n) is 5.31. The summed E-state index contributed by atoms with van der Waals surface area (Å²) in [4.78, 5) is 7.88. The number of para-hydroxylation sites is 2. The van der Waals surface area contributed by atoms with Crippen LogP contribution in [0.15, 0.2) is 42.5 Å². The molecule has 0 radical (unpaired) electrons. The molecule has 3 rings (SSSR count). The Morgan fingerprint density at radius 3 is 2.86 bits per heavy atom. The Morgan fingerprint density at radius 2 is 2.05 bits per heavy atom. The molecule has 0 aliphatic rings. The molecule has 4 heteroatoms. The molecule has 2 aromatic carbocycles. The van der Waals surface area contributed by atoms with Crippen LogP contribution in [-0.4, -0.2) is 9.97 Å². The molecule has 3 aromatic rings. The van der Waals surface area contributed by atoms with Gasteiger partial charge in [-0.05, 0) is 49.2 Å². The number of rotatable bonds is 4. The van der Waals surface area contributed by atoms with Crippen molar-refractivity contribution in [2.24, 2.45) is 0 Å². The summed E-state index contributed by atoms with van der Waals surface area (Å²) in [6.45, 7) is 4.65. The third-order valence-corrected chi connectivity index (χ3v) is 3.73. The van der Waals surface area contributed by atoms with Crippen LogP contribution in [0.3, 0.4) is 0 Å². The smallest absolute Gasteiger partial charge is 0.124 e. The Bertz CT molecular complexity index is 731. The molecule has 0 bridgehead atoms. The fourth-order valence-electron chi connectivity index (χ4n) is 2.37. The normalized spacial score (nSPS) is 12.7. The van der Waals surface area contributed by atoms with Crippen LogP contribution in [0.1, 0.15) is 29.9 Å². The maximum atomic E-state index is 13.3. The molecule has 0 aliphatic heterocycles. The van der Waals surface area contributed by atoms with E-state index in [-0.39, 0.29) is 11.9 Å². The number of benzene rings is 2. The van der Waals surface area contributed by atoms with E-state index in [1.54, 1.807) is 12.1 Å². The largest absolute Gasteiger partial charge is 0.341 e. The van der Waals surface area contributed by atoms with E-state index in [0.29, 0.717) is 6.54 Å². The summed E-state index contributed by atoms with van der Waals surface area (Å²) in [5.41, 5.74) is 4.05. The Labute approximate surface area is 123 Å². The van der Waals surface area contributed by atoms with Gasteiger partial charge in [-0.1, -0.05) is 18.2 Å². The van der Waals surface area contributed by atoms with Gasteiger partial charge in [0.2, 0.25) is 0 Å². The molecule has 1 aromatic heterocycles. The van der Waals surface area contributed by atoms with E-state index < -0.39 is 0 Å². The highest BCUT2D eigenvalue weighted by atomic mass is 19.1. The molecule has 21 heavy (non-hydrogen) atoms. The lowest BCUT2D eigenvalue weighted by Gasteiger charge is -2.13. The van der Waals surface area contributed by atoms with E-state index in [2.05, 4.69) is 15.3 Å². The van der Waals surface area contributed by atoms with Crippen molar-refractivity contribution in [1.82, 2.24) is 15.3 Å². The second kappa shape index (κ2) is 5.66. The van der Waals surface area contributed by atoms with Crippen LogP contribution in [0.25, 0.3) is 11.0 Å². The molecule has 1 atom stereocenters. The van der Waals surface area contributed by atoms with Crippen LogP contribution in [0.2, 0.25) is 0 Å². The number of hydrogen-bond acceptors (Lipinski definition) is 2. The molecule has 3 nitrogen and oxygen atoms in total. The predicted octanol–water partition coefficient (Wildman–Crippen LogP) is 3.86. The summed E-state index contributed by atoms with van der Waals surface area (Å²) in [6.07, 6.45) is 0. The van der Waals surface area contributed by atoms with E-state index in [9.17, 15) is 4.39 Å². The van der Waals surface area contributed by atoms with Crippen LogP contribution in [0.4, 0.5) is 4.39 Å². The van der Waals surface area contributed by atoms with Gasteiger partial charge in [-0.2, -0.15) is 0 Å². The summed E-state index contributed by atoms with van der Waals surface area (Å²) in [5, 5.41) is 3.38. The minimum atomic E-state index is -0.200. The molecule has 0 spiro atoms. The number of nitrogens with one attached hydrogen (secondary N) is 2. The van der Waals surface area contributed by atoms with Gasteiger partial charge in [-0.25, -0.2) is 9.37 Å². The fourth-order valence-corrected chi connectivity index (χ4v) is 2.37. The molecular weight excluding hydrogens is 265 g/mol. The monoisotopic (exact) mass is 283 g/mol. The van der Waals surface area contributed by atoms with Crippen molar-refractivity contribution in [3.05, 3.63) is 65.2 Å². The molecule has 0 amide bonds. The molecule has 1 heterocycles. The van der Waals surface area contributed by atoms with Crippen LogP contribution in [-0.2, 0) is 6.54 Å². The third kappa shape index (κ3) is 2.95. The maximum absolute atomic E-state index is 13.3. The summed E-state index contributed by atoms with van der Waals surface area (Å²) in [5.74, 6) is 0.694. The van der Waals surface area contributed by atoms with Crippen LogP contribution in [0, 0.1) is 12.7 Å². The molecule has 0 fully saturated rings. The average molecular weight is 283 g/mol. The van der Waals surface area contributed by atoms with Crippen molar-refractivity contribution in [3.8, 4) is 0 Å². The Balaban J connectivity index is 1.74. The number of imidazole rings is 1. The van der Waals surface area contributed by atoms with Gasteiger partial charge in [-0.15, -0.1) is 0 Å². The summed E-state index contributed by atoms with van der Waals surface area (Å²) >= 11 is 0. The number of nitrogens with zero attached hydrogens (tertiary/aromatic N) is 1. The number of aromatic nitrogens is 2. The topological polar surface area (TPSA) is 40.7 Å². The number of halogens is 1. The number of fused-ring (bicyclic) bond motifs is 1. The summed E-state index contributed by atoms with van der Waals surface area (Å²) in [7, 11) is 0. The zero-order chi connectivity index (χ0) is 14.8. The highest BCUT2D eigenvalue weighted by Crippen LogP contribution is 2.17. The van der Waals surface area contributed by atoms with Gasteiger partial charge in [0.1, 0.15) is 11.6 Å². The lowest BCUT2D eigenvalue weighted by molar-refractivity contribution is 0.547. The van der Waals surface area contributed by atoms with Crippen molar-refractivity contribution in [2.75, 3.05) is 0 Å². The van der Waals surface area contributed by atoms with Gasteiger partial charge in [-0.3, -0.25) is 0 Å². The summed E-state index contributed by atoms with van der Waals surface area (Å²) < 4.78 is 13.3. The molecule has 1 unspecified atom stereocenters. The Hall–Kier alpha value is -2.20. The van der Waals surface area contributed by atoms with Gasteiger partial charge in [0, 0.05) is 6.54 Å². The Morgan fingerprint density at radius 1 is 1.24 bits per heavy atom. The van der Waals surface area contributed by atoms with Crippen LogP contribution >= 0.6 is 0 Å². The summed E-state index contributed by atoms with van der Waals surface area (Å²) in [6, 6.07) is 12.9. The Kier molecular flexibility index (Phi) is 3.71. The highest BCUT2D eigenvalue weighted by Gasteiger charge is 2.10.